The van der Waals surface area contributed by atoms with Gasteiger partial charge in [-0.3, -0.25) is 43.5 Å². The number of pyridine rings is 1. The molecule has 0 aliphatic rings. The lowest BCUT2D eigenvalue weighted by atomic mass is 9.95. The number of aromatic nitrogens is 1. The Bertz CT molecular complexity index is 1650. The van der Waals surface area contributed by atoms with Crippen LogP contribution in [0.5, 0.6) is 0 Å². The minimum Gasteiger partial charge on any atom is -0.391 e. The largest absolute Gasteiger partial charge is 0.391 e. The van der Waals surface area contributed by atoms with Crippen LogP contribution in [0.15, 0.2) is 23.3 Å². The lowest BCUT2D eigenvalue weighted by Crippen LogP contribution is -2.63. The molecule has 0 radical (unpaired) electrons. The molecule has 20 heteroatoms. The van der Waals surface area contributed by atoms with E-state index >= 15 is 0 Å². The Morgan fingerprint density at radius 1 is 0.683 bits per heavy atom. The molecule has 0 unspecified atom stereocenters. The van der Waals surface area contributed by atoms with E-state index in [1.54, 1.807) is 47.7 Å². The van der Waals surface area contributed by atoms with Crippen LogP contribution in [0.3, 0.4) is 0 Å². The molecule has 0 spiro atoms. The predicted octanol–water partition coefficient (Wildman–Crippen LogP) is -0.493. The molecule has 0 aliphatic carbocycles. The third-order valence-electron chi connectivity index (χ3n) is 10.6. The van der Waals surface area contributed by atoms with Gasteiger partial charge >= 0.3 is 0 Å². The molecule has 0 fully saturated rings. The molecule has 20 nitrogen and oxygen atoms in total. The first-order chi connectivity index (χ1) is 29.7. The second-order valence-electron chi connectivity index (χ2n) is 16.4. The van der Waals surface area contributed by atoms with Crippen LogP contribution in [-0.2, 0) is 40.1 Å². The number of aliphatic hydroxyl groups is 1. The number of hydrogen-bond acceptors (Lipinski definition) is 11. The van der Waals surface area contributed by atoms with Gasteiger partial charge in [-0.15, -0.1) is 0 Å². The molecule has 9 atom stereocenters. The van der Waals surface area contributed by atoms with Crippen molar-refractivity contribution in [2.45, 2.75) is 157 Å². The molecule has 63 heavy (non-hydrogen) atoms. The molecule has 1 heterocycles. The van der Waals surface area contributed by atoms with Crippen LogP contribution in [0, 0.1) is 24.7 Å². The van der Waals surface area contributed by atoms with Crippen molar-refractivity contribution < 1.29 is 38.7 Å². The van der Waals surface area contributed by atoms with Gasteiger partial charge in [0.05, 0.1) is 12.6 Å². The number of guanidine groups is 1. The van der Waals surface area contributed by atoms with Gasteiger partial charge in [0.1, 0.15) is 36.3 Å². The Morgan fingerprint density at radius 2 is 1.21 bits per heavy atom. The van der Waals surface area contributed by atoms with Gasteiger partial charge in [0.15, 0.2) is 5.96 Å². The molecular weight excluding hydrogens is 813 g/mol. The van der Waals surface area contributed by atoms with Gasteiger partial charge in [0.25, 0.3) is 0 Å². The molecule has 1 rings (SSSR count). The van der Waals surface area contributed by atoms with Crippen LogP contribution >= 0.6 is 0 Å². The predicted molar refractivity (Wildman–Crippen MR) is 241 cm³/mol. The summed E-state index contributed by atoms with van der Waals surface area (Å²) in [5.74, 6) is -5.64. The second-order valence-corrected chi connectivity index (χ2v) is 16.4. The topological polar surface area (TPSA) is 313 Å². The molecule has 0 aliphatic heterocycles. The van der Waals surface area contributed by atoms with E-state index in [2.05, 4.69) is 52.5 Å². The Hall–Kier alpha value is -5.37. The van der Waals surface area contributed by atoms with E-state index in [-0.39, 0.29) is 43.7 Å². The lowest BCUT2D eigenvalue weighted by Gasteiger charge is -2.31. The molecule has 0 saturated heterocycles. The van der Waals surface area contributed by atoms with Gasteiger partial charge in [-0.2, -0.15) is 0 Å². The van der Waals surface area contributed by atoms with Crippen LogP contribution in [0.1, 0.15) is 112 Å². The van der Waals surface area contributed by atoms with E-state index in [0.717, 1.165) is 11.3 Å². The third-order valence-corrected chi connectivity index (χ3v) is 10.6. The monoisotopic (exact) mass is 889 g/mol. The van der Waals surface area contributed by atoms with Crippen LogP contribution in [-0.4, -0.2) is 119 Å². The van der Waals surface area contributed by atoms with Crippen molar-refractivity contribution >= 4 is 47.3 Å². The van der Waals surface area contributed by atoms with Gasteiger partial charge in [0.2, 0.25) is 41.4 Å². The zero-order chi connectivity index (χ0) is 47.8. The summed E-state index contributed by atoms with van der Waals surface area (Å²) in [7, 11) is 0. The number of rotatable bonds is 29. The summed E-state index contributed by atoms with van der Waals surface area (Å²) >= 11 is 0. The van der Waals surface area contributed by atoms with Crippen molar-refractivity contribution in [1.29, 1.82) is 0 Å². The van der Waals surface area contributed by atoms with Crippen LogP contribution in [0.2, 0.25) is 0 Å². The Kier molecular flexibility index (Phi) is 25.7. The van der Waals surface area contributed by atoms with Crippen molar-refractivity contribution in [2.75, 3.05) is 19.6 Å². The highest BCUT2D eigenvalue weighted by molar-refractivity contribution is 5.97. The number of amides is 7. The van der Waals surface area contributed by atoms with E-state index in [1.165, 1.54) is 6.92 Å². The van der Waals surface area contributed by atoms with Crippen LogP contribution in [0.4, 0.5) is 0 Å². The number of hydrogen-bond donors (Lipinski definition) is 11. The normalized spacial score (nSPS) is 15.4. The fourth-order valence-electron chi connectivity index (χ4n) is 6.38. The first-order valence-corrected chi connectivity index (χ1v) is 22.1. The number of nitrogens with zero attached hydrogens (tertiary/aromatic N) is 2. The lowest BCUT2D eigenvalue weighted by molar-refractivity contribution is -0.138. The minimum absolute atomic E-state index is 0.0750. The summed E-state index contributed by atoms with van der Waals surface area (Å²) in [6.07, 6.45) is 2.40. The first-order valence-electron chi connectivity index (χ1n) is 22.1. The Balaban J connectivity index is 3.16. The molecule has 0 aromatic carbocycles. The minimum atomic E-state index is -1.55. The maximum Gasteiger partial charge on any atom is 0.245 e. The van der Waals surface area contributed by atoms with Crippen molar-refractivity contribution in [1.82, 2.24) is 47.5 Å². The molecule has 356 valence electrons. The Labute approximate surface area is 372 Å². The number of nitrogens with two attached hydrogens (primary N) is 2. The third kappa shape index (κ3) is 20.1. The fraction of sp³-hybridized carbons (Fsp3) is 0.698. The zero-order valence-corrected chi connectivity index (χ0v) is 38.9. The van der Waals surface area contributed by atoms with Gasteiger partial charge in [-0.05, 0) is 69.4 Å². The van der Waals surface area contributed by atoms with E-state index < -0.39 is 89.6 Å². The summed E-state index contributed by atoms with van der Waals surface area (Å²) in [6.45, 7) is 18.3. The van der Waals surface area contributed by atoms with E-state index in [0.29, 0.717) is 38.8 Å². The summed E-state index contributed by atoms with van der Waals surface area (Å²) in [6, 6.07) is -3.16. The molecular formula is C43H76N12O8. The van der Waals surface area contributed by atoms with Crippen LogP contribution < -0.4 is 54.0 Å². The van der Waals surface area contributed by atoms with Gasteiger partial charge < -0.3 is 59.1 Å². The molecule has 1 aromatic rings. The number of likely N-dealkylation sites (N-methyl/N-ethyl adjacent to an activating group) is 1. The maximum absolute atomic E-state index is 13.9. The second kappa shape index (κ2) is 29.1. The maximum atomic E-state index is 13.9. The number of nitrogens with one attached hydrogen (secondary N) is 8. The SMILES string of the molecule is CCC[C@H](NC(=O)[C@@H](NC(=O)[C@H](NC(=O)[C@@H](NC(=O)CNCc1ccc(C)nc1)C(C)C)[C@@H](C)CC)[C@@H](C)O)C(=O)N[C@H](C(=O)N[C@@H](CCCN=C(N)N)C(=O)NCC)[C@@H](C)CC. The highest BCUT2D eigenvalue weighted by atomic mass is 16.3. The zero-order valence-electron chi connectivity index (χ0n) is 38.9. The van der Waals surface area contributed by atoms with Gasteiger partial charge in [-0.25, -0.2) is 0 Å². The number of carbonyl (C=O) groups is 7. The smallest absolute Gasteiger partial charge is 0.245 e. The number of aliphatic hydroxyl groups excluding tert-OH is 1. The molecule has 0 bridgehead atoms. The average molecular weight is 889 g/mol. The van der Waals surface area contributed by atoms with E-state index in [9.17, 15) is 38.7 Å². The summed E-state index contributed by atoms with van der Waals surface area (Å²) in [5.41, 5.74) is 12.6. The highest BCUT2D eigenvalue weighted by Crippen LogP contribution is 2.13. The fourth-order valence-corrected chi connectivity index (χ4v) is 6.38. The highest BCUT2D eigenvalue weighted by Gasteiger charge is 2.37. The quantitative estimate of drug-likeness (QED) is 0.0276. The molecule has 7 amide bonds. The van der Waals surface area contributed by atoms with Crippen molar-refractivity contribution in [3.8, 4) is 0 Å². The molecule has 1 aromatic heterocycles. The standard InChI is InChI=1S/C43H76N12O8/c1-11-16-30(38(59)53-34(25(7)12-2)40(61)51-31(37(58)47-14-4)17-15-20-48-43(44)45)50-42(63)36(28(10)56)55-41(62)35(26(8)13-3)54-39(60)33(24(5)6)52-32(57)23-46-21-29-19-18-27(9)49-22-29/h18-19,22,24-26,28,30-31,33-36,46,56H,11-17,20-21,23H2,1-10H3,(H,47,58)(H,50,63)(H,51,61)(H,52,57)(H,53,59)(H,54,60)(H,55,62)(H4,44,45,48)/t25-,26-,28+,30-,31-,33-,34-,35+,36-/m0/s1. The Morgan fingerprint density at radius 3 is 1.70 bits per heavy atom. The van der Waals surface area contributed by atoms with E-state index in [4.69, 9.17) is 11.5 Å². The summed E-state index contributed by atoms with van der Waals surface area (Å²) in [5, 5.41) is 32.7. The van der Waals surface area contributed by atoms with E-state index in [1.807, 2.05) is 32.9 Å². The van der Waals surface area contributed by atoms with Crippen molar-refractivity contribution in [2.24, 2.45) is 34.2 Å². The first kappa shape index (κ1) is 55.6. The summed E-state index contributed by atoms with van der Waals surface area (Å²) in [4.78, 5) is 103. The van der Waals surface area contributed by atoms with Crippen molar-refractivity contribution in [3.63, 3.8) is 0 Å². The van der Waals surface area contributed by atoms with Gasteiger partial charge in [0, 0.05) is 31.5 Å². The number of aryl methyl sites for hydroxylation is 1. The van der Waals surface area contributed by atoms with Crippen LogP contribution in [0.25, 0.3) is 0 Å². The summed E-state index contributed by atoms with van der Waals surface area (Å²) < 4.78 is 0. The molecule has 0 saturated carbocycles. The molecule has 13 N–H and O–H groups in total. The number of carbonyl (C=O) groups excluding carboxylic acids is 7. The van der Waals surface area contributed by atoms with Gasteiger partial charge in [-0.1, -0.05) is 73.8 Å². The van der Waals surface area contributed by atoms with Crippen molar-refractivity contribution in [3.05, 3.63) is 29.6 Å². The average Bonchev–Trinajstić information content (AvgIpc) is 3.23. The number of aliphatic imine (C=N–C) groups is 1.